The Kier molecular flexibility index (Phi) is 57.0. The average Bonchev–Trinajstić information content (AvgIpc) is 3.37. The molecule has 0 aliphatic heterocycles. The smallest absolute Gasteiger partial charge is 0.306 e. The second kappa shape index (κ2) is 60.3. The van der Waals surface area contributed by atoms with Crippen LogP contribution in [-0.4, -0.2) is 36.4 Å². The normalized spacial score (nSPS) is 13.2. The fraction of sp³-hybridized carbons (Fsp3) is 0.636. The van der Waals surface area contributed by atoms with E-state index in [1.165, 1.54) is 116 Å². The average molecular weight is 982 g/mol. The van der Waals surface area contributed by atoms with Crippen molar-refractivity contribution < 1.29 is 24.2 Å². The summed E-state index contributed by atoms with van der Waals surface area (Å²) in [6, 6.07) is 0. The van der Waals surface area contributed by atoms with Crippen LogP contribution in [0.5, 0.6) is 0 Å². The molecule has 1 atom stereocenters. The first kappa shape index (κ1) is 67.0. The van der Waals surface area contributed by atoms with E-state index >= 15 is 0 Å². The highest BCUT2D eigenvalue weighted by Crippen LogP contribution is 2.15. The highest BCUT2D eigenvalue weighted by atomic mass is 16.6. The number of aliphatic hydroxyl groups is 1. The SMILES string of the molecule is CC/C=C\C/C=C\C/C=C\C/C=C\C/C=C\C/C=C\C/C=C\C/C=C\C/C=C\CCCCCCCCCCCCCCCC(=O)OC(CO)COC(=O)CCCCCCC/C=C\C/C=C\CCCCCC. The fourth-order valence-electron chi connectivity index (χ4n) is 7.81. The molecule has 5 nitrogen and oxygen atoms in total. The molecule has 0 aromatic carbocycles. The Bertz CT molecular complexity index is 1480. The second-order valence-electron chi connectivity index (χ2n) is 19.0. The van der Waals surface area contributed by atoms with Crippen molar-refractivity contribution in [2.75, 3.05) is 13.2 Å². The zero-order valence-electron chi connectivity index (χ0n) is 45.9. The molecule has 1 N–H and O–H groups in total. The second-order valence-corrected chi connectivity index (χ2v) is 19.0. The van der Waals surface area contributed by atoms with Gasteiger partial charge >= 0.3 is 11.9 Å². The maximum Gasteiger partial charge on any atom is 0.306 e. The first-order valence-electron chi connectivity index (χ1n) is 29.2. The maximum absolute atomic E-state index is 12.3. The predicted molar refractivity (Wildman–Crippen MR) is 311 cm³/mol. The monoisotopic (exact) mass is 981 g/mol. The van der Waals surface area contributed by atoms with Gasteiger partial charge < -0.3 is 14.6 Å². The number of hydrogen-bond acceptors (Lipinski definition) is 5. The minimum atomic E-state index is -0.786. The van der Waals surface area contributed by atoms with Crippen LogP contribution < -0.4 is 0 Å². The number of aliphatic hydroxyl groups excluding tert-OH is 1. The van der Waals surface area contributed by atoms with Gasteiger partial charge in [-0.3, -0.25) is 9.59 Å². The molecule has 0 aliphatic rings. The summed E-state index contributed by atoms with van der Waals surface area (Å²) >= 11 is 0. The molecule has 0 fully saturated rings. The summed E-state index contributed by atoms with van der Waals surface area (Å²) in [5.74, 6) is -0.611. The molecule has 5 heteroatoms. The molecule has 0 saturated heterocycles. The van der Waals surface area contributed by atoms with Gasteiger partial charge in [-0.15, -0.1) is 0 Å². The molecule has 0 aromatic heterocycles. The fourth-order valence-corrected chi connectivity index (χ4v) is 7.81. The van der Waals surface area contributed by atoms with Crippen molar-refractivity contribution >= 4 is 11.9 Å². The van der Waals surface area contributed by atoms with Crippen molar-refractivity contribution in [2.24, 2.45) is 0 Å². The molecular weight excluding hydrogens is 873 g/mol. The third kappa shape index (κ3) is 58.5. The van der Waals surface area contributed by atoms with Gasteiger partial charge in [0, 0.05) is 12.8 Å². The van der Waals surface area contributed by atoms with Crippen LogP contribution in [-0.2, 0) is 19.1 Å². The predicted octanol–water partition coefficient (Wildman–Crippen LogP) is 20.0. The Morgan fingerprint density at radius 2 is 0.606 bits per heavy atom. The van der Waals surface area contributed by atoms with E-state index in [1.54, 1.807) is 0 Å². The zero-order chi connectivity index (χ0) is 51.3. The lowest BCUT2D eigenvalue weighted by atomic mass is 10.0. The number of carbonyl (C=O) groups excluding carboxylic acids is 2. The van der Waals surface area contributed by atoms with E-state index in [-0.39, 0.29) is 25.2 Å². The van der Waals surface area contributed by atoms with E-state index in [4.69, 9.17) is 9.47 Å². The van der Waals surface area contributed by atoms with E-state index in [0.717, 1.165) is 109 Å². The van der Waals surface area contributed by atoms with Gasteiger partial charge in [-0.25, -0.2) is 0 Å². The summed E-state index contributed by atoms with van der Waals surface area (Å²) in [4.78, 5) is 24.5. The van der Waals surface area contributed by atoms with Crippen molar-refractivity contribution in [1.82, 2.24) is 0 Å². The van der Waals surface area contributed by atoms with Crippen molar-refractivity contribution in [1.29, 1.82) is 0 Å². The van der Waals surface area contributed by atoms with Crippen LogP contribution in [0.2, 0.25) is 0 Å². The first-order chi connectivity index (χ1) is 35.1. The number of hydrogen-bond donors (Lipinski definition) is 1. The number of rotatable bonds is 52. The molecule has 0 aromatic rings. The summed E-state index contributed by atoms with van der Waals surface area (Å²) in [5.41, 5.74) is 0. The first-order valence-corrected chi connectivity index (χ1v) is 29.2. The lowest BCUT2D eigenvalue weighted by Gasteiger charge is -2.15. The van der Waals surface area contributed by atoms with Gasteiger partial charge in [0.15, 0.2) is 6.10 Å². The molecule has 0 amide bonds. The van der Waals surface area contributed by atoms with Crippen LogP contribution in [0.25, 0.3) is 0 Å². The van der Waals surface area contributed by atoms with E-state index in [1.807, 2.05) is 0 Å². The number of carbonyl (C=O) groups is 2. The van der Waals surface area contributed by atoms with Crippen LogP contribution >= 0.6 is 0 Å². The van der Waals surface area contributed by atoms with Gasteiger partial charge in [-0.05, 0) is 116 Å². The van der Waals surface area contributed by atoms with E-state index in [2.05, 4.69) is 148 Å². The van der Waals surface area contributed by atoms with Crippen molar-refractivity contribution in [2.45, 2.75) is 258 Å². The van der Waals surface area contributed by atoms with Crippen LogP contribution in [0.3, 0.4) is 0 Å². The molecule has 1 unspecified atom stereocenters. The van der Waals surface area contributed by atoms with Crippen LogP contribution in [0.1, 0.15) is 251 Å². The summed E-state index contributed by atoms with van der Waals surface area (Å²) in [6.45, 7) is 3.99. The Balaban J connectivity index is 3.55. The van der Waals surface area contributed by atoms with E-state index < -0.39 is 6.10 Å². The number of allylic oxidation sites excluding steroid dienone is 22. The highest BCUT2D eigenvalue weighted by molar-refractivity contribution is 5.70. The molecule has 0 radical (unpaired) electrons. The summed E-state index contributed by atoms with van der Waals surface area (Å²) in [6.07, 6.45) is 90.0. The number of ether oxygens (including phenoxy) is 2. The standard InChI is InChI=1S/C66H108O5/c1-3-5-7-9-11-13-15-17-19-21-22-23-24-25-26-27-28-29-30-31-32-33-34-35-36-37-38-39-40-41-42-43-44-45-47-49-51-53-55-57-59-61-66(69)71-64(62-67)63-70-65(68)60-58-56-54-52-50-48-46-20-18-16-14-12-10-8-6-4-2/h5,7,11,13-14,16-17,19-20,22-23,25-26,28-29,31-32,34-35,37-38,46,64,67H,3-4,6,8-10,12,15,18,21,24,27,30,33,36,39-45,47-63H2,1-2H3/b7-5-,13-11-,16-14-,19-17-,23-22-,26-25-,29-28-,32-31-,35-34-,38-37-,46-20-. The van der Waals surface area contributed by atoms with Gasteiger partial charge in [0.25, 0.3) is 0 Å². The van der Waals surface area contributed by atoms with Crippen LogP contribution in [0.4, 0.5) is 0 Å². The Hall–Kier alpha value is -3.96. The zero-order valence-corrected chi connectivity index (χ0v) is 45.9. The largest absolute Gasteiger partial charge is 0.462 e. The van der Waals surface area contributed by atoms with Gasteiger partial charge in [0.05, 0.1) is 6.61 Å². The summed E-state index contributed by atoms with van der Waals surface area (Å²) < 4.78 is 10.7. The Morgan fingerprint density at radius 3 is 0.915 bits per heavy atom. The van der Waals surface area contributed by atoms with Gasteiger partial charge in [-0.1, -0.05) is 257 Å². The summed E-state index contributed by atoms with van der Waals surface area (Å²) in [5, 5.41) is 9.64. The molecule has 0 saturated carbocycles. The molecule has 0 heterocycles. The minimum absolute atomic E-state index is 0.0785. The van der Waals surface area contributed by atoms with Gasteiger partial charge in [-0.2, -0.15) is 0 Å². The molecular formula is C66H108O5. The Morgan fingerprint density at radius 1 is 0.338 bits per heavy atom. The molecule has 71 heavy (non-hydrogen) atoms. The lowest BCUT2D eigenvalue weighted by molar-refractivity contribution is -0.161. The molecule has 0 aliphatic carbocycles. The number of unbranched alkanes of at least 4 members (excludes halogenated alkanes) is 22. The lowest BCUT2D eigenvalue weighted by Crippen LogP contribution is -2.28. The van der Waals surface area contributed by atoms with E-state index in [9.17, 15) is 14.7 Å². The molecule has 402 valence electrons. The van der Waals surface area contributed by atoms with Crippen molar-refractivity contribution in [3.63, 3.8) is 0 Å². The topological polar surface area (TPSA) is 72.8 Å². The molecule has 0 rings (SSSR count). The third-order valence-electron chi connectivity index (χ3n) is 12.2. The quantitative estimate of drug-likeness (QED) is 0.0373. The third-order valence-corrected chi connectivity index (χ3v) is 12.2. The highest BCUT2D eigenvalue weighted by Gasteiger charge is 2.16. The maximum atomic E-state index is 12.3. The van der Waals surface area contributed by atoms with Crippen LogP contribution in [0, 0.1) is 0 Å². The summed E-state index contributed by atoms with van der Waals surface area (Å²) in [7, 11) is 0. The van der Waals surface area contributed by atoms with Crippen molar-refractivity contribution in [3.05, 3.63) is 134 Å². The van der Waals surface area contributed by atoms with Crippen molar-refractivity contribution in [3.8, 4) is 0 Å². The minimum Gasteiger partial charge on any atom is -0.462 e. The Labute approximate surface area is 438 Å². The van der Waals surface area contributed by atoms with E-state index in [0.29, 0.717) is 12.8 Å². The van der Waals surface area contributed by atoms with Gasteiger partial charge in [0.2, 0.25) is 0 Å². The number of esters is 2. The molecule has 0 spiro atoms. The van der Waals surface area contributed by atoms with Crippen LogP contribution in [0.15, 0.2) is 134 Å². The van der Waals surface area contributed by atoms with Gasteiger partial charge in [0.1, 0.15) is 6.61 Å². The molecule has 0 bridgehead atoms.